The highest BCUT2D eigenvalue weighted by atomic mass is 15.1. The Labute approximate surface area is 266 Å². The average Bonchev–Trinajstić information content (AvgIpc) is 3.62. The number of nitrogens with one attached hydrogen (secondary N) is 3. The largest absolute Gasteiger partial charge is 0.362 e. The minimum atomic E-state index is 0.145. The Morgan fingerprint density at radius 2 is 1.73 bits per heavy atom. The lowest BCUT2D eigenvalue weighted by Gasteiger charge is -2.29. The Kier molecular flexibility index (Phi) is 9.01. The van der Waals surface area contributed by atoms with Crippen LogP contribution >= 0.6 is 0 Å². The van der Waals surface area contributed by atoms with Gasteiger partial charge in [-0.05, 0) is 80.7 Å². The molecule has 1 aliphatic rings. The first-order valence-electron chi connectivity index (χ1n) is 16.1. The summed E-state index contributed by atoms with van der Waals surface area (Å²) in [6.45, 7) is 21.8. The van der Waals surface area contributed by atoms with Crippen LogP contribution in [0.1, 0.15) is 68.5 Å². The van der Waals surface area contributed by atoms with Crippen molar-refractivity contribution in [2.45, 2.75) is 70.3 Å². The molecule has 1 unspecified atom stereocenters. The quantitative estimate of drug-likeness (QED) is 0.0949. The van der Waals surface area contributed by atoms with E-state index in [1.54, 1.807) is 6.33 Å². The van der Waals surface area contributed by atoms with Gasteiger partial charge in [0, 0.05) is 44.7 Å². The van der Waals surface area contributed by atoms with Crippen molar-refractivity contribution in [2.24, 2.45) is 0 Å². The van der Waals surface area contributed by atoms with Crippen LogP contribution in [0.4, 0.5) is 11.5 Å². The third-order valence-corrected chi connectivity index (χ3v) is 9.14. The maximum Gasteiger partial charge on any atom is 0.143 e. The predicted octanol–water partition coefficient (Wildman–Crippen LogP) is 8.11. The van der Waals surface area contributed by atoms with Crippen LogP contribution in [-0.2, 0) is 12.8 Å². The van der Waals surface area contributed by atoms with Crippen molar-refractivity contribution in [2.75, 3.05) is 5.32 Å². The lowest BCUT2D eigenvalue weighted by atomic mass is 9.97. The Bertz CT molecular complexity index is 1980. The topological polar surface area (TPSA) is 70.6 Å². The van der Waals surface area contributed by atoms with Gasteiger partial charge in [-0.2, -0.15) is 0 Å². The molecule has 6 nitrogen and oxygen atoms in total. The summed E-state index contributed by atoms with van der Waals surface area (Å²) in [7, 11) is 0. The van der Waals surface area contributed by atoms with Crippen molar-refractivity contribution in [3.05, 3.63) is 120 Å². The van der Waals surface area contributed by atoms with Crippen LogP contribution in [0.15, 0.2) is 97.8 Å². The molecule has 1 saturated heterocycles. The van der Waals surface area contributed by atoms with Gasteiger partial charge in [0.15, 0.2) is 0 Å². The van der Waals surface area contributed by atoms with E-state index in [2.05, 4.69) is 106 Å². The Morgan fingerprint density at radius 3 is 2.60 bits per heavy atom. The summed E-state index contributed by atoms with van der Waals surface area (Å²) in [4.78, 5) is 11.8. The molecule has 230 valence electrons. The summed E-state index contributed by atoms with van der Waals surface area (Å²) >= 11 is 0. The number of H-pyrrole nitrogens is 1. The summed E-state index contributed by atoms with van der Waals surface area (Å²) in [5, 5.41) is 12.3. The molecule has 0 saturated carbocycles. The van der Waals surface area contributed by atoms with Crippen molar-refractivity contribution >= 4 is 46.5 Å². The fourth-order valence-electron chi connectivity index (χ4n) is 6.73. The molecule has 2 aromatic carbocycles. The Morgan fingerprint density at radius 1 is 0.889 bits per heavy atom. The second kappa shape index (κ2) is 13.4. The molecule has 6 rings (SSSR count). The van der Waals surface area contributed by atoms with Crippen LogP contribution in [0.5, 0.6) is 0 Å². The SMILES string of the molecule is C=C(CCCCCCc1cccc(Nc2ncnc3[nH]ccc23)c1)CCc1cccc2c(=C)n(C3CCC(=C)NC3=C)c(=C)c12. The van der Waals surface area contributed by atoms with Crippen LogP contribution < -0.4 is 21.3 Å². The summed E-state index contributed by atoms with van der Waals surface area (Å²) in [5.74, 6) is 0.822. The zero-order chi connectivity index (χ0) is 31.3. The monoisotopic (exact) mass is 596 g/mol. The molecule has 1 fully saturated rings. The van der Waals surface area contributed by atoms with Gasteiger partial charge in [0.1, 0.15) is 17.8 Å². The van der Waals surface area contributed by atoms with Gasteiger partial charge in [-0.25, -0.2) is 9.97 Å². The number of rotatable bonds is 13. The number of allylic oxidation sites excluding steroid dienone is 3. The summed E-state index contributed by atoms with van der Waals surface area (Å²) < 4.78 is 2.27. The molecule has 0 radical (unpaired) electrons. The van der Waals surface area contributed by atoms with Crippen LogP contribution in [0.25, 0.3) is 35.0 Å². The van der Waals surface area contributed by atoms with Crippen molar-refractivity contribution in [1.82, 2.24) is 24.8 Å². The number of hydrogen-bond donors (Lipinski definition) is 3. The van der Waals surface area contributed by atoms with E-state index in [1.165, 1.54) is 53.2 Å². The van der Waals surface area contributed by atoms with E-state index in [4.69, 9.17) is 0 Å². The minimum absolute atomic E-state index is 0.145. The Hall–Kier alpha value is -4.84. The first-order valence-corrected chi connectivity index (χ1v) is 16.1. The van der Waals surface area contributed by atoms with Gasteiger partial charge < -0.3 is 20.2 Å². The summed E-state index contributed by atoms with van der Waals surface area (Å²) in [5.41, 5.74) is 7.89. The van der Waals surface area contributed by atoms with Gasteiger partial charge in [0.25, 0.3) is 0 Å². The van der Waals surface area contributed by atoms with E-state index in [-0.39, 0.29) is 6.04 Å². The zero-order valence-corrected chi connectivity index (χ0v) is 26.3. The van der Waals surface area contributed by atoms with E-state index in [0.29, 0.717) is 0 Å². The predicted molar refractivity (Wildman–Crippen MR) is 190 cm³/mol. The van der Waals surface area contributed by atoms with E-state index in [1.807, 2.05) is 12.3 Å². The van der Waals surface area contributed by atoms with Gasteiger partial charge >= 0.3 is 0 Å². The number of aromatic amines is 1. The first kappa shape index (κ1) is 30.2. The third-order valence-electron chi connectivity index (χ3n) is 9.14. The van der Waals surface area contributed by atoms with Crippen molar-refractivity contribution in [3.8, 4) is 0 Å². The molecule has 0 amide bonds. The number of fused-ring (bicyclic) bond motifs is 2. The lowest BCUT2D eigenvalue weighted by molar-refractivity contribution is 0.458. The summed E-state index contributed by atoms with van der Waals surface area (Å²) in [6.07, 6.45) is 14.3. The molecule has 1 aliphatic heterocycles. The number of unbranched alkanes of at least 4 members (excludes halogenated alkanes) is 3. The molecule has 1 atom stereocenters. The van der Waals surface area contributed by atoms with E-state index >= 15 is 0 Å². The van der Waals surface area contributed by atoms with Crippen LogP contribution in [0.3, 0.4) is 0 Å². The van der Waals surface area contributed by atoms with Gasteiger partial charge in [-0.1, -0.05) is 81.6 Å². The van der Waals surface area contributed by atoms with Crippen molar-refractivity contribution in [1.29, 1.82) is 0 Å². The molecule has 3 N–H and O–H groups in total. The Balaban J connectivity index is 0.961. The molecule has 6 heteroatoms. The van der Waals surface area contributed by atoms with Crippen molar-refractivity contribution < 1.29 is 0 Å². The van der Waals surface area contributed by atoms with Crippen LogP contribution in [-0.4, -0.2) is 19.5 Å². The number of benzene rings is 2. The maximum atomic E-state index is 4.52. The van der Waals surface area contributed by atoms with E-state index in [9.17, 15) is 0 Å². The standard InChI is InChI=1S/C39H44N6/c1-26(18-20-32-15-11-17-34-29(4)45(30(5)37(32)34)36-21-19-27(2)43-28(36)3)12-8-6-7-9-13-31-14-10-16-33(24-31)44-39-35-22-23-40-38(35)41-25-42-39/h10-11,14-17,22-25,36,43H,1-9,12-13,18-21H2,(H2,40,41,42,44). The fraction of sp³-hybridized carbons (Fsp3) is 0.282. The van der Waals surface area contributed by atoms with Gasteiger partial charge in [-0.15, -0.1) is 0 Å². The number of anilines is 2. The number of hydrogen-bond acceptors (Lipinski definition) is 4. The first-order chi connectivity index (χ1) is 21.9. The van der Waals surface area contributed by atoms with Gasteiger partial charge in [0.2, 0.25) is 0 Å². The normalized spacial score (nSPS) is 15.1. The smallest absolute Gasteiger partial charge is 0.143 e. The molecule has 4 heterocycles. The fourth-order valence-corrected chi connectivity index (χ4v) is 6.73. The lowest BCUT2D eigenvalue weighted by Crippen LogP contribution is -2.36. The number of nitrogens with zero attached hydrogens (tertiary/aromatic N) is 3. The molecule has 0 bridgehead atoms. The highest BCUT2D eigenvalue weighted by Crippen LogP contribution is 2.28. The minimum Gasteiger partial charge on any atom is -0.362 e. The zero-order valence-electron chi connectivity index (χ0n) is 26.3. The molecular weight excluding hydrogens is 552 g/mol. The highest BCUT2D eigenvalue weighted by molar-refractivity contribution is 5.89. The van der Waals surface area contributed by atoms with Crippen LogP contribution in [0.2, 0.25) is 0 Å². The second-order valence-corrected chi connectivity index (χ2v) is 12.4. The second-order valence-electron chi connectivity index (χ2n) is 12.4. The molecular formula is C39H44N6. The molecule has 0 spiro atoms. The maximum absolute atomic E-state index is 4.52. The van der Waals surface area contributed by atoms with E-state index in [0.717, 1.165) is 83.2 Å². The van der Waals surface area contributed by atoms with Gasteiger partial charge in [0.05, 0.1) is 11.4 Å². The molecule has 45 heavy (non-hydrogen) atoms. The number of piperidine rings is 1. The average molecular weight is 597 g/mol. The number of aromatic nitrogens is 4. The summed E-state index contributed by atoms with van der Waals surface area (Å²) in [6, 6.07) is 17.3. The molecule has 0 aliphatic carbocycles. The van der Waals surface area contributed by atoms with Gasteiger partial charge in [-0.3, -0.25) is 0 Å². The van der Waals surface area contributed by atoms with Crippen LogP contribution in [0, 0.1) is 0 Å². The third kappa shape index (κ3) is 6.65. The van der Waals surface area contributed by atoms with E-state index < -0.39 is 0 Å². The number of aryl methyl sites for hydroxylation is 2. The molecule has 5 aromatic rings. The highest BCUT2D eigenvalue weighted by Gasteiger charge is 2.23. The van der Waals surface area contributed by atoms with Crippen molar-refractivity contribution in [3.63, 3.8) is 0 Å². The molecule has 3 aromatic heterocycles.